The Morgan fingerprint density at radius 1 is 1.36 bits per heavy atom. The van der Waals surface area contributed by atoms with Crippen LogP contribution in [0.1, 0.15) is 12.0 Å². The Balaban J connectivity index is 0.000000845. The second-order valence-corrected chi connectivity index (χ2v) is 6.41. The van der Waals surface area contributed by atoms with Crippen LogP contribution in [0.2, 0.25) is 0 Å². The zero-order valence-electron chi connectivity index (χ0n) is 7.85. The number of aromatic amines is 1. The molecule has 0 aliphatic heterocycles. The molecule has 74 valence electrons. The molecule has 1 aliphatic rings. The Labute approximate surface area is 108 Å². The number of hydrogen-bond acceptors (Lipinski definition) is 0. The molecule has 0 atom stereocenters. The SMILES string of the molecule is Cc1cc[nH][c]1[Zr+2][C]1=CC=CC1.[Cl-].[Cl-]. The summed E-state index contributed by atoms with van der Waals surface area (Å²) < 4.78 is 3.19. The molecule has 2 rings (SSSR count). The van der Waals surface area contributed by atoms with Crippen LogP contribution in [0, 0.1) is 6.92 Å². The summed E-state index contributed by atoms with van der Waals surface area (Å²) in [5.41, 5.74) is 1.44. The van der Waals surface area contributed by atoms with E-state index in [1.165, 1.54) is 15.4 Å². The fourth-order valence-electron chi connectivity index (χ4n) is 1.28. The monoisotopic (exact) mass is 305 g/mol. The van der Waals surface area contributed by atoms with Crippen molar-refractivity contribution in [2.24, 2.45) is 0 Å². The molecule has 0 spiro atoms. The molecule has 0 radical (unpaired) electrons. The minimum Gasteiger partial charge on any atom is -1.00 e. The molecule has 1 aromatic rings. The molecule has 0 fully saturated rings. The van der Waals surface area contributed by atoms with E-state index in [9.17, 15) is 0 Å². The van der Waals surface area contributed by atoms with Gasteiger partial charge in [-0.25, -0.2) is 0 Å². The number of hydrogen-bond donors (Lipinski definition) is 1. The van der Waals surface area contributed by atoms with Gasteiger partial charge in [-0.2, -0.15) is 0 Å². The molecule has 4 heteroatoms. The first-order chi connectivity index (χ1) is 5.86. The van der Waals surface area contributed by atoms with Gasteiger partial charge in [0.2, 0.25) is 0 Å². The van der Waals surface area contributed by atoms with Crippen LogP contribution < -0.4 is 28.2 Å². The standard InChI is InChI=1S/C5H6N.C5H5.2ClH.Zr/c1-5-2-3-6-4-5;1-2-4-5-3-1;;;/h2-3,6H,1H3;1-3H,4H2;2*1H;/q;;;;+2/p-2. The summed E-state index contributed by atoms with van der Waals surface area (Å²) in [4.78, 5) is 3.34. The average Bonchev–Trinajstić information content (AvgIpc) is 2.65. The van der Waals surface area contributed by atoms with Crippen LogP contribution in [-0.4, -0.2) is 4.98 Å². The minimum absolute atomic E-state index is 0. The van der Waals surface area contributed by atoms with Crippen LogP contribution >= 0.6 is 0 Å². The number of aryl methyl sites for hydroxylation is 1. The molecule has 1 N–H and O–H groups in total. The van der Waals surface area contributed by atoms with Gasteiger partial charge < -0.3 is 24.8 Å². The van der Waals surface area contributed by atoms with E-state index in [-0.39, 0.29) is 24.8 Å². The van der Waals surface area contributed by atoms with Crippen LogP contribution in [0.3, 0.4) is 0 Å². The second kappa shape index (κ2) is 6.66. The Morgan fingerprint density at radius 3 is 2.64 bits per heavy atom. The van der Waals surface area contributed by atoms with E-state index < -0.39 is 23.2 Å². The number of halogens is 2. The van der Waals surface area contributed by atoms with E-state index in [0.29, 0.717) is 0 Å². The predicted molar refractivity (Wildman–Crippen MR) is 47.0 cm³/mol. The van der Waals surface area contributed by atoms with Crippen molar-refractivity contribution >= 4 is 3.40 Å². The molecular weight excluding hydrogens is 296 g/mol. The fourth-order valence-corrected chi connectivity index (χ4v) is 4.13. The van der Waals surface area contributed by atoms with Crippen LogP contribution in [0.5, 0.6) is 0 Å². The summed E-state index contributed by atoms with van der Waals surface area (Å²) in [6.45, 7) is 2.19. The number of nitrogens with one attached hydrogen (secondary N) is 1. The summed E-state index contributed by atoms with van der Waals surface area (Å²) in [5.74, 6) is 0. The first kappa shape index (κ1) is 14.2. The van der Waals surface area contributed by atoms with Crippen molar-refractivity contribution in [3.63, 3.8) is 0 Å². The predicted octanol–water partition coefficient (Wildman–Crippen LogP) is -4.12. The molecule has 14 heavy (non-hydrogen) atoms. The van der Waals surface area contributed by atoms with Gasteiger partial charge in [-0.1, -0.05) is 0 Å². The summed E-state index contributed by atoms with van der Waals surface area (Å²) in [7, 11) is 0. The number of aromatic nitrogens is 1. The first-order valence-corrected chi connectivity index (χ1v) is 6.59. The minimum atomic E-state index is -0.459. The van der Waals surface area contributed by atoms with Gasteiger partial charge in [-0.3, -0.25) is 0 Å². The third-order valence-electron chi connectivity index (χ3n) is 2.01. The van der Waals surface area contributed by atoms with Gasteiger partial charge in [0.15, 0.2) is 0 Å². The molecule has 0 saturated carbocycles. The molecule has 0 unspecified atom stereocenters. The van der Waals surface area contributed by atoms with E-state index in [0.717, 1.165) is 0 Å². The van der Waals surface area contributed by atoms with Crippen LogP contribution in [0.4, 0.5) is 0 Å². The molecule has 1 nitrogen and oxygen atoms in total. The van der Waals surface area contributed by atoms with Crippen LogP contribution in [0.15, 0.2) is 33.8 Å². The van der Waals surface area contributed by atoms with Crippen molar-refractivity contribution in [3.05, 3.63) is 39.3 Å². The van der Waals surface area contributed by atoms with Gasteiger partial charge in [0.05, 0.1) is 0 Å². The molecule has 0 bridgehead atoms. The van der Waals surface area contributed by atoms with E-state index in [1.807, 2.05) is 0 Å². The fraction of sp³-hybridized carbons (Fsp3) is 0.200. The van der Waals surface area contributed by atoms with E-state index in [1.54, 1.807) is 3.28 Å². The summed E-state index contributed by atoms with van der Waals surface area (Å²) in [6.07, 6.45) is 9.95. The van der Waals surface area contributed by atoms with Gasteiger partial charge >= 0.3 is 84.3 Å². The van der Waals surface area contributed by atoms with E-state index >= 15 is 0 Å². The normalized spacial score (nSPS) is 12.5. The molecule has 1 aliphatic carbocycles. The zero-order chi connectivity index (χ0) is 8.39. The Bertz CT molecular complexity index is 342. The Kier molecular flexibility index (Phi) is 6.77. The number of rotatable bonds is 2. The Hall–Kier alpha value is 0.223. The maximum absolute atomic E-state index is 3.34. The molecule has 1 aromatic heterocycles. The van der Waals surface area contributed by atoms with Crippen molar-refractivity contribution < 1.29 is 48.0 Å². The Morgan fingerprint density at radius 2 is 2.14 bits per heavy atom. The number of H-pyrrole nitrogens is 1. The summed E-state index contributed by atoms with van der Waals surface area (Å²) in [5, 5.41) is 0. The average molecular weight is 307 g/mol. The molecule has 0 aromatic carbocycles. The molecular formula is C10H11Cl2NZr. The zero-order valence-corrected chi connectivity index (χ0v) is 11.8. The molecule has 1 heterocycles. The van der Waals surface area contributed by atoms with Gasteiger partial charge in [-0.15, -0.1) is 0 Å². The maximum Gasteiger partial charge on any atom is -1.00 e. The third kappa shape index (κ3) is 3.42. The van der Waals surface area contributed by atoms with E-state index in [2.05, 4.69) is 42.4 Å². The van der Waals surface area contributed by atoms with Crippen molar-refractivity contribution in [1.29, 1.82) is 0 Å². The largest absolute Gasteiger partial charge is 1.00 e. The summed E-state index contributed by atoms with van der Waals surface area (Å²) in [6, 6.07) is 2.17. The van der Waals surface area contributed by atoms with Crippen LogP contribution in [0.25, 0.3) is 0 Å². The van der Waals surface area contributed by atoms with Crippen molar-refractivity contribution in [1.82, 2.24) is 4.98 Å². The van der Waals surface area contributed by atoms with Gasteiger partial charge in [-0.05, 0) is 0 Å². The van der Waals surface area contributed by atoms with Crippen molar-refractivity contribution in [3.8, 4) is 0 Å². The first-order valence-electron chi connectivity index (χ1n) is 4.13. The topological polar surface area (TPSA) is 15.8 Å². The van der Waals surface area contributed by atoms with E-state index in [4.69, 9.17) is 0 Å². The summed E-state index contributed by atoms with van der Waals surface area (Å²) >= 11 is -0.459. The maximum atomic E-state index is 3.34. The molecule has 0 amide bonds. The second-order valence-electron chi connectivity index (χ2n) is 2.98. The van der Waals surface area contributed by atoms with Crippen molar-refractivity contribution in [2.75, 3.05) is 0 Å². The van der Waals surface area contributed by atoms with Gasteiger partial charge in [0.25, 0.3) is 0 Å². The number of allylic oxidation sites excluding steroid dienone is 4. The third-order valence-corrected chi connectivity index (χ3v) is 5.65. The van der Waals surface area contributed by atoms with Crippen molar-refractivity contribution in [2.45, 2.75) is 13.3 Å². The van der Waals surface area contributed by atoms with Gasteiger partial charge in [0.1, 0.15) is 0 Å². The quantitative estimate of drug-likeness (QED) is 0.572. The molecule has 0 saturated heterocycles. The van der Waals surface area contributed by atoms with Gasteiger partial charge in [0, 0.05) is 0 Å². The smallest absolute Gasteiger partial charge is 1.00 e. The van der Waals surface area contributed by atoms with Crippen LogP contribution in [-0.2, 0) is 23.2 Å².